The lowest BCUT2D eigenvalue weighted by Gasteiger charge is -2.12. The molecule has 0 saturated carbocycles. The molecule has 11 heavy (non-hydrogen) atoms. The van der Waals surface area contributed by atoms with Crippen molar-refractivity contribution in [1.29, 1.82) is 0 Å². The van der Waals surface area contributed by atoms with Gasteiger partial charge in [-0.25, -0.2) is 0 Å². The summed E-state index contributed by atoms with van der Waals surface area (Å²) < 4.78 is 7.32. The average Bonchev–Trinajstić information content (AvgIpc) is 2.55. The van der Waals surface area contributed by atoms with Crippen LogP contribution in [0.1, 0.15) is 13.0 Å². The molecule has 1 saturated heterocycles. The maximum Gasteiger partial charge on any atom is 0.0799 e. The largest absolute Gasteiger partial charge is 0.379 e. The summed E-state index contributed by atoms with van der Waals surface area (Å²) >= 11 is 0. The fraction of sp³-hybridized carbons (Fsp3) is 0.625. The van der Waals surface area contributed by atoms with E-state index in [0.717, 1.165) is 13.2 Å². The van der Waals surface area contributed by atoms with Crippen molar-refractivity contribution in [2.75, 3.05) is 13.2 Å². The smallest absolute Gasteiger partial charge is 0.0799 e. The van der Waals surface area contributed by atoms with Gasteiger partial charge >= 0.3 is 0 Å². The second kappa shape index (κ2) is 2.66. The Morgan fingerprint density at radius 2 is 2.45 bits per heavy atom. The third-order valence-electron chi connectivity index (χ3n) is 2.19. The Morgan fingerprint density at radius 3 is 3.00 bits per heavy atom. The first-order valence-electron chi connectivity index (χ1n) is 3.95. The van der Waals surface area contributed by atoms with Gasteiger partial charge in [-0.05, 0) is 6.07 Å². The molecule has 2 rings (SSSR count). The summed E-state index contributed by atoms with van der Waals surface area (Å²) in [6, 6.07) is 2.40. The van der Waals surface area contributed by atoms with Crippen molar-refractivity contribution in [1.82, 2.24) is 9.78 Å². The molecule has 0 aromatic carbocycles. The minimum Gasteiger partial charge on any atom is -0.379 e. The van der Waals surface area contributed by atoms with Crippen LogP contribution < -0.4 is 0 Å². The molecule has 0 spiro atoms. The predicted molar refractivity (Wildman–Crippen MR) is 41.2 cm³/mol. The second-order valence-electron chi connectivity index (χ2n) is 3.07. The molecule has 2 atom stereocenters. The number of aromatic nitrogens is 2. The van der Waals surface area contributed by atoms with Crippen molar-refractivity contribution in [3.05, 3.63) is 18.5 Å². The number of rotatable bonds is 1. The topological polar surface area (TPSA) is 27.1 Å². The summed E-state index contributed by atoms with van der Waals surface area (Å²) in [6.45, 7) is 3.87. The van der Waals surface area contributed by atoms with Crippen LogP contribution in [-0.2, 0) is 4.74 Å². The Hall–Kier alpha value is -0.830. The normalized spacial score (nSPS) is 31.0. The monoisotopic (exact) mass is 152 g/mol. The van der Waals surface area contributed by atoms with Gasteiger partial charge in [-0.1, -0.05) is 6.92 Å². The van der Waals surface area contributed by atoms with Gasteiger partial charge in [-0.2, -0.15) is 5.10 Å². The SMILES string of the molecule is CC1COCC1n1cccn1. The third-order valence-corrected chi connectivity index (χ3v) is 2.19. The first-order chi connectivity index (χ1) is 5.38. The number of nitrogens with zero attached hydrogens (tertiary/aromatic N) is 2. The molecule has 60 valence electrons. The van der Waals surface area contributed by atoms with Crippen molar-refractivity contribution in [2.45, 2.75) is 13.0 Å². The Bertz CT molecular complexity index is 220. The maximum absolute atomic E-state index is 5.33. The molecule has 0 aliphatic carbocycles. The molecule has 1 aliphatic heterocycles. The van der Waals surface area contributed by atoms with E-state index in [1.54, 1.807) is 0 Å². The lowest BCUT2D eigenvalue weighted by Crippen LogP contribution is -2.15. The highest BCUT2D eigenvalue weighted by Gasteiger charge is 2.25. The Balaban J connectivity index is 2.16. The fourth-order valence-electron chi connectivity index (χ4n) is 1.46. The molecule has 1 aromatic heterocycles. The first-order valence-corrected chi connectivity index (χ1v) is 3.95. The molecule has 3 nitrogen and oxygen atoms in total. The maximum atomic E-state index is 5.33. The summed E-state index contributed by atoms with van der Waals surface area (Å²) in [5.74, 6) is 0.592. The average molecular weight is 152 g/mol. The molecular formula is C8H12N2O. The summed E-state index contributed by atoms with van der Waals surface area (Å²) in [5, 5.41) is 4.19. The second-order valence-corrected chi connectivity index (χ2v) is 3.07. The van der Waals surface area contributed by atoms with Gasteiger partial charge in [0.15, 0.2) is 0 Å². The summed E-state index contributed by atoms with van der Waals surface area (Å²) in [5.41, 5.74) is 0. The predicted octanol–water partition coefficient (Wildman–Crippen LogP) is 1.09. The minimum absolute atomic E-state index is 0.449. The van der Waals surface area contributed by atoms with Crippen molar-refractivity contribution in [3.8, 4) is 0 Å². The number of ether oxygens (including phenoxy) is 1. The van der Waals surface area contributed by atoms with Gasteiger partial charge in [0.1, 0.15) is 0 Å². The van der Waals surface area contributed by atoms with E-state index < -0.39 is 0 Å². The molecule has 1 aromatic rings. The van der Waals surface area contributed by atoms with E-state index in [2.05, 4.69) is 12.0 Å². The first kappa shape index (κ1) is 6.85. The van der Waals surface area contributed by atoms with Crippen LogP contribution in [-0.4, -0.2) is 23.0 Å². The zero-order valence-electron chi connectivity index (χ0n) is 6.60. The van der Waals surface area contributed by atoms with Crippen LogP contribution in [0.15, 0.2) is 18.5 Å². The molecule has 0 N–H and O–H groups in total. The van der Waals surface area contributed by atoms with E-state index >= 15 is 0 Å². The fourth-order valence-corrected chi connectivity index (χ4v) is 1.46. The summed E-state index contributed by atoms with van der Waals surface area (Å²) in [7, 11) is 0. The van der Waals surface area contributed by atoms with Gasteiger partial charge in [0.25, 0.3) is 0 Å². The van der Waals surface area contributed by atoms with Crippen molar-refractivity contribution in [3.63, 3.8) is 0 Å². The standard InChI is InChI=1S/C8H12N2O/c1-7-5-11-6-8(7)10-4-2-3-9-10/h2-4,7-8H,5-6H2,1H3. The van der Waals surface area contributed by atoms with Crippen molar-refractivity contribution >= 4 is 0 Å². The van der Waals surface area contributed by atoms with Crippen LogP contribution in [0.3, 0.4) is 0 Å². The van der Waals surface area contributed by atoms with E-state index in [1.807, 2.05) is 23.1 Å². The molecule has 0 bridgehead atoms. The van der Waals surface area contributed by atoms with Crippen LogP contribution >= 0.6 is 0 Å². The summed E-state index contributed by atoms with van der Waals surface area (Å²) in [6.07, 6.45) is 3.81. The molecular weight excluding hydrogens is 140 g/mol. The lowest BCUT2D eigenvalue weighted by molar-refractivity contribution is 0.181. The van der Waals surface area contributed by atoms with Gasteiger partial charge in [0.05, 0.1) is 19.3 Å². The zero-order chi connectivity index (χ0) is 7.68. The van der Waals surface area contributed by atoms with Crippen LogP contribution in [0.5, 0.6) is 0 Å². The Morgan fingerprint density at radius 1 is 1.55 bits per heavy atom. The molecule has 2 heterocycles. The van der Waals surface area contributed by atoms with Gasteiger partial charge in [0, 0.05) is 18.3 Å². The molecule has 0 radical (unpaired) electrons. The quantitative estimate of drug-likeness (QED) is 0.602. The Labute approximate surface area is 66.0 Å². The van der Waals surface area contributed by atoms with Crippen LogP contribution in [0.4, 0.5) is 0 Å². The van der Waals surface area contributed by atoms with Crippen molar-refractivity contribution < 1.29 is 4.74 Å². The van der Waals surface area contributed by atoms with Gasteiger partial charge in [-0.3, -0.25) is 4.68 Å². The molecule has 1 aliphatic rings. The molecule has 3 heteroatoms. The minimum atomic E-state index is 0.449. The summed E-state index contributed by atoms with van der Waals surface area (Å²) in [4.78, 5) is 0. The molecule has 0 amide bonds. The van der Waals surface area contributed by atoms with Crippen molar-refractivity contribution in [2.24, 2.45) is 5.92 Å². The van der Waals surface area contributed by atoms with E-state index in [-0.39, 0.29) is 0 Å². The lowest BCUT2D eigenvalue weighted by atomic mass is 10.1. The highest BCUT2D eigenvalue weighted by molar-refractivity contribution is 4.85. The van der Waals surface area contributed by atoms with Crippen LogP contribution in [0, 0.1) is 5.92 Å². The highest BCUT2D eigenvalue weighted by atomic mass is 16.5. The third kappa shape index (κ3) is 1.16. The van der Waals surface area contributed by atoms with E-state index in [0.29, 0.717) is 12.0 Å². The van der Waals surface area contributed by atoms with E-state index in [4.69, 9.17) is 4.74 Å². The molecule has 1 fully saturated rings. The zero-order valence-corrected chi connectivity index (χ0v) is 6.60. The Kier molecular flexibility index (Phi) is 1.66. The van der Waals surface area contributed by atoms with Gasteiger partial charge in [-0.15, -0.1) is 0 Å². The highest BCUT2D eigenvalue weighted by Crippen LogP contribution is 2.23. The van der Waals surface area contributed by atoms with E-state index in [9.17, 15) is 0 Å². The van der Waals surface area contributed by atoms with Crippen LogP contribution in [0.25, 0.3) is 0 Å². The van der Waals surface area contributed by atoms with E-state index in [1.165, 1.54) is 0 Å². The van der Waals surface area contributed by atoms with Gasteiger partial charge < -0.3 is 4.74 Å². The van der Waals surface area contributed by atoms with Gasteiger partial charge in [0.2, 0.25) is 0 Å². The molecule has 2 unspecified atom stereocenters. The van der Waals surface area contributed by atoms with Crippen LogP contribution in [0.2, 0.25) is 0 Å². The number of hydrogen-bond donors (Lipinski definition) is 0. The number of hydrogen-bond acceptors (Lipinski definition) is 2.